The highest BCUT2D eigenvalue weighted by molar-refractivity contribution is 5.01. The van der Waals surface area contributed by atoms with E-state index in [1.807, 2.05) is 0 Å². The van der Waals surface area contributed by atoms with Crippen molar-refractivity contribution in [1.29, 1.82) is 0 Å². The molecule has 19 heavy (non-hydrogen) atoms. The molecule has 1 N–H and O–H groups in total. The largest absolute Gasteiger partial charge is 0.338 e. The van der Waals surface area contributed by atoms with Crippen LogP contribution in [-0.4, -0.2) is 58.2 Å². The van der Waals surface area contributed by atoms with Crippen LogP contribution in [-0.2, 0) is 6.54 Å². The minimum Gasteiger partial charge on any atom is -0.338 e. The highest BCUT2D eigenvalue weighted by Gasteiger charge is 2.35. The second kappa shape index (κ2) is 4.85. The molecule has 4 rings (SSSR count). The SMILES string of the molecule is CC(C)(C)NCc1nc(C2CN3CCN2CC3)no1. The number of hydrogen-bond acceptors (Lipinski definition) is 6. The third kappa shape index (κ3) is 2.96. The molecule has 0 amide bonds. The fraction of sp³-hybridized carbons (Fsp3) is 0.846. The van der Waals surface area contributed by atoms with E-state index in [1.54, 1.807) is 0 Å². The lowest BCUT2D eigenvalue weighted by atomic mass is 10.1. The Labute approximate surface area is 114 Å². The molecule has 0 aromatic carbocycles. The maximum atomic E-state index is 5.35. The van der Waals surface area contributed by atoms with E-state index >= 15 is 0 Å². The molecule has 2 bridgehead atoms. The summed E-state index contributed by atoms with van der Waals surface area (Å²) in [4.78, 5) is 9.49. The third-order valence-electron chi connectivity index (χ3n) is 3.83. The predicted molar refractivity (Wildman–Crippen MR) is 71.6 cm³/mol. The van der Waals surface area contributed by atoms with Crippen LogP contribution in [0.15, 0.2) is 4.52 Å². The van der Waals surface area contributed by atoms with Gasteiger partial charge in [-0.1, -0.05) is 5.16 Å². The van der Waals surface area contributed by atoms with Crippen LogP contribution in [0, 0.1) is 0 Å². The van der Waals surface area contributed by atoms with E-state index in [1.165, 1.54) is 13.1 Å². The summed E-state index contributed by atoms with van der Waals surface area (Å²) in [5.74, 6) is 1.53. The lowest BCUT2D eigenvalue weighted by Crippen LogP contribution is -2.57. The smallest absolute Gasteiger partial charge is 0.240 e. The summed E-state index contributed by atoms with van der Waals surface area (Å²) in [5.41, 5.74) is 0.0632. The zero-order valence-electron chi connectivity index (χ0n) is 12.0. The van der Waals surface area contributed by atoms with Crippen molar-refractivity contribution in [3.8, 4) is 0 Å². The van der Waals surface area contributed by atoms with Crippen LogP contribution in [0.3, 0.4) is 0 Å². The van der Waals surface area contributed by atoms with Crippen molar-refractivity contribution in [1.82, 2.24) is 25.3 Å². The van der Waals surface area contributed by atoms with Crippen molar-refractivity contribution in [3.63, 3.8) is 0 Å². The number of rotatable bonds is 3. The summed E-state index contributed by atoms with van der Waals surface area (Å²) < 4.78 is 5.35. The molecule has 0 saturated carbocycles. The molecule has 3 aliphatic rings. The molecule has 3 saturated heterocycles. The van der Waals surface area contributed by atoms with E-state index in [-0.39, 0.29) is 5.54 Å². The highest BCUT2D eigenvalue weighted by Crippen LogP contribution is 2.26. The molecular weight excluding hydrogens is 242 g/mol. The number of hydrogen-bond donors (Lipinski definition) is 1. The summed E-state index contributed by atoms with van der Waals surface area (Å²) in [5, 5.41) is 7.53. The molecule has 3 fully saturated rings. The van der Waals surface area contributed by atoms with Crippen LogP contribution in [0.4, 0.5) is 0 Å². The van der Waals surface area contributed by atoms with Crippen molar-refractivity contribution in [2.45, 2.75) is 38.9 Å². The first-order chi connectivity index (χ1) is 9.01. The van der Waals surface area contributed by atoms with Gasteiger partial charge in [-0.3, -0.25) is 9.80 Å². The van der Waals surface area contributed by atoms with E-state index in [2.05, 4.69) is 46.0 Å². The van der Waals surface area contributed by atoms with E-state index in [0.717, 1.165) is 25.5 Å². The maximum absolute atomic E-state index is 5.35. The summed E-state index contributed by atoms with van der Waals surface area (Å²) in [6.07, 6.45) is 0. The van der Waals surface area contributed by atoms with Crippen LogP contribution < -0.4 is 5.32 Å². The molecule has 0 radical (unpaired) electrons. The Balaban J connectivity index is 1.65. The molecule has 1 atom stereocenters. The number of nitrogens with one attached hydrogen (secondary N) is 1. The Bertz CT molecular complexity index is 430. The molecular formula is C13H23N5O. The Morgan fingerprint density at radius 2 is 2.00 bits per heavy atom. The third-order valence-corrected chi connectivity index (χ3v) is 3.83. The van der Waals surface area contributed by atoms with Gasteiger partial charge in [0.15, 0.2) is 5.82 Å². The molecule has 6 nitrogen and oxygen atoms in total. The first kappa shape index (κ1) is 13.0. The van der Waals surface area contributed by atoms with Gasteiger partial charge in [-0.2, -0.15) is 4.98 Å². The van der Waals surface area contributed by atoms with Gasteiger partial charge in [0.1, 0.15) is 0 Å². The summed E-state index contributed by atoms with van der Waals surface area (Å²) in [7, 11) is 0. The predicted octanol–water partition coefficient (Wildman–Crippen LogP) is 0.630. The zero-order valence-corrected chi connectivity index (χ0v) is 12.0. The number of nitrogens with zero attached hydrogens (tertiary/aromatic N) is 4. The molecule has 0 spiro atoms. The first-order valence-electron chi connectivity index (χ1n) is 7.05. The van der Waals surface area contributed by atoms with Gasteiger partial charge in [0.05, 0.1) is 12.6 Å². The minimum atomic E-state index is 0.0632. The van der Waals surface area contributed by atoms with E-state index in [9.17, 15) is 0 Å². The fourth-order valence-electron chi connectivity index (χ4n) is 2.68. The fourth-order valence-corrected chi connectivity index (χ4v) is 2.68. The van der Waals surface area contributed by atoms with Crippen LogP contribution in [0.1, 0.15) is 38.5 Å². The van der Waals surface area contributed by atoms with Crippen LogP contribution in [0.5, 0.6) is 0 Å². The summed E-state index contributed by atoms with van der Waals surface area (Å²) >= 11 is 0. The minimum absolute atomic E-state index is 0.0632. The molecule has 0 aliphatic carbocycles. The summed E-state index contributed by atoms with van der Waals surface area (Å²) in [6.45, 7) is 12.6. The van der Waals surface area contributed by atoms with Crippen molar-refractivity contribution in [2.75, 3.05) is 32.7 Å². The van der Waals surface area contributed by atoms with Gasteiger partial charge >= 0.3 is 0 Å². The zero-order chi connectivity index (χ0) is 13.5. The standard InChI is InChI=1S/C13H23N5O/c1-13(2,3)14-8-11-15-12(16-19-11)10-9-17-4-6-18(10)7-5-17/h10,14H,4-9H2,1-3H3. The molecule has 6 heteroatoms. The Morgan fingerprint density at radius 1 is 1.26 bits per heavy atom. The molecule has 4 heterocycles. The van der Waals surface area contributed by atoms with E-state index in [0.29, 0.717) is 18.5 Å². The molecule has 3 aliphatic heterocycles. The average Bonchev–Trinajstić information content (AvgIpc) is 2.86. The monoisotopic (exact) mass is 265 g/mol. The van der Waals surface area contributed by atoms with Crippen molar-refractivity contribution in [3.05, 3.63) is 11.7 Å². The van der Waals surface area contributed by atoms with Gasteiger partial charge in [0, 0.05) is 38.3 Å². The Hall–Kier alpha value is -0.980. The van der Waals surface area contributed by atoms with Gasteiger partial charge in [0.2, 0.25) is 5.89 Å². The van der Waals surface area contributed by atoms with E-state index in [4.69, 9.17) is 4.52 Å². The molecule has 1 aromatic heterocycles. The van der Waals surface area contributed by atoms with Crippen molar-refractivity contribution >= 4 is 0 Å². The number of piperazine rings is 3. The van der Waals surface area contributed by atoms with Gasteiger partial charge in [-0.15, -0.1) is 0 Å². The van der Waals surface area contributed by atoms with Crippen LogP contribution >= 0.6 is 0 Å². The molecule has 1 aromatic rings. The van der Waals surface area contributed by atoms with Crippen LogP contribution in [0.25, 0.3) is 0 Å². The van der Waals surface area contributed by atoms with Crippen LogP contribution in [0.2, 0.25) is 0 Å². The Morgan fingerprint density at radius 3 is 2.58 bits per heavy atom. The molecule has 1 unspecified atom stereocenters. The average molecular weight is 265 g/mol. The topological polar surface area (TPSA) is 57.4 Å². The van der Waals surface area contributed by atoms with Crippen molar-refractivity contribution in [2.24, 2.45) is 0 Å². The molecule has 106 valence electrons. The summed E-state index contributed by atoms with van der Waals surface area (Å²) in [6, 6.07) is 0.314. The second-order valence-electron chi connectivity index (χ2n) is 6.50. The normalized spacial score (nSPS) is 30.8. The first-order valence-corrected chi connectivity index (χ1v) is 7.05. The highest BCUT2D eigenvalue weighted by atomic mass is 16.5. The number of aromatic nitrogens is 2. The quantitative estimate of drug-likeness (QED) is 0.865. The lowest BCUT2D eigenvalue weighted by molar-refractivity contribution is 0.00781. The van der Waals surface area contributed by atoms with Gasteiger partial charge in [-0.25, -0.2) is 0 Å². The van der Waals surface area contributed by atoms with Gasteiger partial charge in [0.25, 0.3) is 0 Å². The Kier molecular flexibility index (Phi) is 3.32. The van der Waals surface area contributed by atoms with Gasteiger partial charge in [-0.05, 0) is 20.8 Å². The van der Waals surface area contributed by atoms with Crippen molar-refractivity contribution < 1.29 is 4.52 Å². The number of fused-ring (bicyclic) bond motifs is 3. The lowest BCUT2D eigenvalue weighted by Gasteiger charge is -2.46. The van der Waals surface area contributed by atoms with E-state index < -0.39 is 0 Å². The van der Waals surface area contributed by atoms with Gasteiger partial charge < -0.3 is 9.84 Å². The maximum Gasteiger partial charge on any atom is 0.240 e. The second-order valence-corrected chi connectivity index (χ2v) is 6.50.